The molecule has 2 aromatic rings. The zero-order valence-electron chi connectivity index (χ0n) is 11.5. The number of rotatable bonds is 6. The third-order valence-corrected chi connectivity index (χ3v) is 3.40. The molecule has 1 N–H and O–H groups in total. The van der Waals surface area contributed by atoms with E-state index in [0.29, 0.717) is 10.4 Å². The van der Waals surface area contributed by atoms with Crippen molar-refractivity contribution in [2.24, 2.45) is 5.10 Å². The molecule has 1 aromatic heterocycles. The van der Waals surface area contributed by atoms with Crippen LogP contribution >= 0.6 is 11.3 Å². The summed E-state index contributed by atoms with van der Waals surface area (Å²) in [4.78, 5) is 12.2. The Hall–Kier alpha value is -2.48. The molecule has 0 radical (unpaired) electrons. The van der Waals surface area contributed by atoms with Gasteiger partial charge in [0.25, 0.3) is 5.91 Å². The number of nitrogens with one attached hydrogen (secondary N) is 1. The monoisotopic (exact) mass is 326 g/mol. The van der Waals surface area contributed by atoms with Gasteiger partial charge in [0, 0.05) is 0 Å². The molecule has 0 aliphatic heterocycles. The van der Waals surface area contributed by atoms with E-state index in [1.54, 1.807) is 17.5 Å². The number of hydrazone groups is 1. The second kappa shape index (κ2) is 7.51. The summed E-state index contributed by atoms with van der Waals surface area (Å²) in [7, 11) is 1.34. The molecule has 1 heterocycles. The Morgan fingerprint density at radius 2 is 2.18 bits per heavy atom. The number of nitrogens with zero attached hydrogens (tertiary/aromatic N) is 1. The minimum absolute atomic E-state index is 0.0720. The predicted molar refractivity (Wildman–Crippen MR) is 79.0 cm³/mol. The molecular weight excluding hydrogens is 314 g/mol. The lowest BCUT2D eigenvalue weighted by molar-refractivity contribution is -0.0512. The van der Waals surface area contributed by atoms with E-state index in [4.69, 9.17) is 4.74 Å². The SMILES string of the molecule is COc1cc(C=NNC(=O)c2cccs2)ccc1OC(F)F. The molecule has 0 bridgehead atoms. The Bertz CT molecular complexity index is 660. The van der Waals surface area contributed by atoms with Gasteiger partial charge in [-0.3, -0.25) is 4.79 Å². The molecule has 0 spiro atoms. The molecule has 22 heavy (non-hydrogen) atoms. The highest BCUT2D eigenvalue weighted by molar-refractivity contribution is 7.12. The quantitative estimate of drug-likeness (QED) is 0.655. The lowest BCUT2D eigenvalue weighted by Gasteiger charge is -2.09. The summed E-state index contributed by atoms with van der Waals surface area (Å²) < 4.78 is 33.7. The molecule has 0 saturated carbocycles. The Balaban J connectivity index is 2.03. The fraction of sp³-hybridized carbons (Fsp3) is 0.143. The van der Waals surface area contributed by atoms with E-state index in [0.717, 1.165) is 0 Å². The first-order chi connectivity index (χ1) is 10.6. The molecule has 0 atom stereocenters. The average molecular weight is 326 g/mol. The van der Waals surface area contributed by atoms with Crippen LogP contribution in [0.25, 0.3) is 0 Å². The molecule has 0 unspecified atom stereocenters. The minimum Gasteiger partial charge on any atom is -0.493 e. The molecule has 0 aliphatic rings. The minimum atomic E-state index is -2.93. The van der Waals surface area contributed by atoms with Crippen molar-refractivity contribution in [3.8, 4) is 11.5 Å². The van der Waals surface area contributed by atoms with Crippen molar-refractivity contribution in [1.82, 2.24) is 5.43 Å². The second-order valence-corrected chi connectivity index (χ2v) is 4.91. The van der Waals surface area contributed by atoms with Crippen LogP contribution in [0.3, 0.4) is 0 Å². The summed E-state index contributed by atoms with van der Waals surface area (Å²) in [5, 5.41) is 5.58. The maximum Gasteiger partial charge on any atom is 0.387 e. The van der Waals surface area contributed by atoms with Crippen LogP contribution < -0.4 is 14.9 Å². The second-order valence-electron chi connectivity index (χ2n) is 3.97. The van der Waals surface area contributed by atoms with Crippen molar-refractivity contribution in [2.75, 3.05) is 7.11 Å². The zero-order valence-corrected chi connectivity index (χ0v) is 12.3. The maximum absolute atomic E-state index is 12.2. The van der Waals surface area contributed by atoms with Crippen molar-refractivity contribution >= 4 is 23.5 Å². The number of hydrogen-bond donors (Lipinski definition) is 1. The number of thiophene rings is 1. The summed E-state index contributed by atoms with van der Waals surface area (Å²) in [6, 6.07) is 7.76. The van der Waals surface area contributed by atoms with E-state index in [1.165, 1.54) is 42.9 Å². The van der Waals surface area contributed by atoms with Crippen molar-refractivity contribution in [3.05, 3.63) is 46.2 Å². The van der Waals surface area contributed by atoms with Gasteiger partial charge in [-0.05, 0) is 35.2 Å². The van der Waals surface area contributed by atoms with Gasteiger partial charge in [0.1, 0.15) is 0 Å². The van der Waals surface area contributed by atoms with Gasteiger partial charge in [0.05, 0.1) is 18.2 Å². The molecular formula is C14H12F2N2O3S. The molecule has 0 fully saturated rings. The number of halogens is 2. The van der Waals surface area contributed by atoms with Gasteiger partial charge in [-0.2, -0.15) is 13.9 Å². The first kappa shape index (κ1) is 15.9. The van der Waals surface area contributed by atoms with Crippen LogP contribution in [-0.4, -0.2) is 25.8 Å². The Labute approximate surface area is 129 Å². The maximum atomic E-state index is 12.2. The molecule has 1 aromatic carbocycles. The van der Waals surface area contributed by atoms with E-state index in [1.807, 2.05) is 0 Å². The highest BCUT2D eigenvalue weighted by Crippen LogP contribution is 2.28. The van der Waals surface area contributed by atoms with Gasteiger partial charge in [0.15, 0.2) is 11.5 Å². The molecule has 2 rings (SSSR count). The standard InChI is InChI=1S/C14H12F2N2O3S/c1-20-11-7-9(4-5-10(11)21-14(15)16)8-17-18-13(19)12-3-2-6-22-12/h2-8,14H,1H3,(H,18,19). The van der Waals surface area contributed by atoms with Gasteiger partial charge in [0.2, 0.25) is 0 Å². The number of carbonyl (C=O) groups is 1. The lowest BCUT2D eigenvalue weighted by Crippen LogP contribution is -2.16. The van der Waals surface area contributed by atoms with Crippen LogP contribution in [0.2, 0.25) is 0 Å². The van der Waals surface area contributed by atoms with Crippen LogP contribution in [0.15, 0.2) is 40.8 Å². The Kier molecular flexibility index (Phi) is 5.42. The number of alkyl halides is 2. The topological polar surface area (TPSA) is 59.9 Å². The van der Waals surface area contributed by atoms with Gasteiger partial charge in [-0.1, -0.05) is 6.07 Å². The number of methoxy groups -OCH3 is 1. The van der Waals surface area contributed by atoms with Crippen LogP contribution in [-0.2, 0) is 0 Å². The number of carbonyl (C=O) groups excluding carboxylic acids is 1. The van der Waals surface area contributed by atoms with E-state index < -0.39 is 6.61 Å². The van der Waals surface area contributed by atoms with E-state index in [9.17, 15) is 13.6 Å². The van der Waals surface area contributed by atoms with Crippen LogP contribution in [0.4, 0.5) is 8.78 Å². The van der Waals surface area contributed by atoms with Crippen molar-refractivity contribution in [3.63, 3.8) is 0 Å². The van der Waals surface area contributed by atoms with Gasteiger partial charge < -0.3 is 9.47 Å². The summed E-state index contributed by atoms with van der Waals surface area (Å²) in [6.07, 6.45) is 1.38. The molecule has 1 amide bonds. The van der Waals surface area contributed by atoms with Crippen LogP contribution in [0, 0.1) is 0 Å². The summed E-state index contributed by atoms with van der Waals surface area (Å²) >= 11 is 1.30. The predicted octanol–water partition coefficient (Wildman–Crippen LogP) is 3.12. The summed E-state index contributed by atoms with van der Waals surface area (Å²) in [5.41, 5.74) is 2.93. The zero-order chi connectivity index (χ0) is 15.9. The van der Waals surface area contributed by atoms with E-state index >= 15 is 0 Å². The Morgan fingerprint density at radius 1 is 1.36 bits per heavy atom. The summed E-state index contributed by atoms with van der Waals surface area (Å²) in [6.45, 7) is -2.93. The van der Waals surface area contributed by atoms with E-state index in [-0.39, 0.29) is 17.4 Å². The average Bonchev–Trinajstić information content (AvgIpc) is 3.02. The number of benzene rings is 1. The third kappa shape index (κ3) is 4.26. The number of hydrogen-bond acceptors (Lipinski definition) is 5. The normalized spacial score (nSPS) is 10.9. The van der Waals surface area contributed by atoms with Gasteiger partial charge in [-0.15, -0.1) is 11.3 Å². The highest BCUT2D eigenvalue weighted by Gasteiger charge is 2.10. The molecule has 0 saturated heterocycles. The molecule has 0 aliphatic carbocycles. The first-order valence-corrected chi connectivity index (χ1v) is 6.98. The lowest BCUT2D eigenvalue weighted by atomic mass is 10.2. The Morgan fingerprint density at radius 3 is 2.82 bits per heavy atom. The van der Waals surface area contributed by atoms with E-state index in [2.05, 4.69) is 15.3 Å². The van der Waals surface area contributed by atoms with Crippen molar-refractivity contribution in [2.45, 2.75) is 6.61 Å². The summed E-state index contributed by atoms with van der Waals surface area (Å²) in [5.74, 6) is -0.248. The third-order valence-electron chi connectivity index (χ3n) is 2.53. The van der Waals surface area contributed by atoms with Gasteiger partial charge in [-0.25, -0.2) is 5.43 Å². The molecule has 8 heteroatoms. The van der Waals surface area contributed by atoms with Gasteiger partial charge >= 0.3 is 6.61 Å². The fourth-order valence-corrected chi connectivity index (χ4v) is 2.20. The highest BCUT2D eigenvalue weighted by atomic mass is 32.1. The van der Waals surface area contributed by atoms with Crippen molar-refractivity contribution < 1.29 is 23.0 Å². The fourth-order valence-electron chi connectivity index (χ4n) is 1.59. The molecule has 116 valence electrons. The van der Waals surface area contributed by atoms with Crippen LogP contribution in [0.5, 0.6) is 11.5 Å². The largest absolute Gasteiger partial charge is 0.493 e. The van der Waals surface area contributed by atoms with Crippen LogP contribution in [0.1, 0.15) is 15.2 Å². The number of ether oxygens (including phenoxy) is 2. The smallest absolute Gasteiger partial charge is 0.387 e. The van der Waals surface area contributed by atoms with Crippen molar-refractivity contribution in [1.29, 1.82) is 0 Å². The number of amides is 1. The molecule has 5 nitrogen and oxygen atoms in total. The first-order valence-electron chi connectivity index (χ1n) is 6.10.